The molecule has 0 fully saturated rings. The minimum atomic E-state index is -4.74. The van der Waals surface area contributed by atoms with Crippen molar-refractivity contribution in [3.05, 3.63) is 47.7 Å². The number of carbonyl (C=O) groups is 1. The van der Waals surface area contributed by atoms with Crippen molar-refractivity contribution in [2.45, 2.75) is 19.6 Å². The lowest BCUT2D eigenvalue weighted by Crippen LogP contribution is -2.25. The number of carbonyl (C=O) groups excluding carboxylic acids is 1. The van der Waals surface area contributed by atoms with Gasteiger partial charge in [-0.15, -0.1) is 0 Å². The van der Waals surface area contributed by atoms with E-state index >= 15 is 0 Å². The normalized spacial score (nSPS) is 12.2. The first-order valence-electron chi connectivity index (χ1n) is 6.05. The number of alkyl halides is 3. The van der Waals surface area contributed by atoms with E-state index in [1.54, 1.807) is 24.3 Å². The molecule has 0 aromatic heterocycles. The third kappa shape index (κ3) is 4.95. The van der Waals surface area contributed by atoms with E-state index in [9.17, 15) is 18.0 Å². The number of benzene rings is 1. The Morgan fingerprint density at radius 3 is 2.40 bits per heavy atom. The lowest BCUT2D eigenvalue weighted by molar-refractivity contribution is -0.150. The molecule has 3 nitrogen and oxygen atoms in total. The molecule has 0 saturated carbocycles. The highest BCUT2D eigenvalue weighted by atomic mass is 19.4. The molecule has 110 valence electrons. The zero-order valence-corrected chi connectivity index (χ0v) is 11.3. The summed E-state index contributed by atoms with van der Waals surface area (Å²) in [5.74, 6) is -1.36. The van der Waals surface area contributed by atoms with E-state index in [0.717, 1.165) is 11.8 Å². The molecule has 0 aliphatic rings. The molecule has 0 atom stereocenters. The first-order valence-corrected chi connectivity index (χ1v) is 6.05. The highest BCUT2D eigenvalue weighted by Gasteiger charge is 2.40. The fourth-order valence-electron chi connectivity index (χ4n) is 1.59. The average molecular weight is 287 g/mol. The third-order valence-corrected chi connectivity index (χ3v) is 2.43. The van der Waals surface area contributed by atoms with Crippen LogP contribution in [0.25, 0.3) is 0 Å². The maximum atomic E-state index is 12.8. The molecule has 0 bridgehead atoms. The average Bonchev–Trinajstić information content (AvgIpc) is 2.36. The first kappa shape index (κ1) is 16.1. The summed E-state index contributed by atoms with van der Waals surface area (Å²) in [5.41, 5.74) is -0.464. The Bertz CT molecular complexity index is 469. The van der Waals surface area contributed by atoms with Gasteiger partial charge in [0.25, 0.3) is 0 Å². The second-order valence-corrected chi connectivity index (χ2v) is 4.16. The van der Waals surface area contributed by atoms with Crippen LogP contribution < -0.4 is 0 Å². The van der Waals surface area contributed by atoms with Gasteiger partial charge in [0, 0.05) is 19.8 Å². The molecule has 0 saturated heterocycles. The van der Waals surface area contributed by atoms with Crippen LogP contribution in [0.4, 0.5) is 13.2 Å². The van der Waals surface area contributed by atoms with Gasteiger partial charge in [-0.2, -0.15) is 13.2 Å². The first-order chi connectivity index (χ1) is 9.34. The van der Waals surface area contributed by atoms with Crippen LogP contribution in [0.3, 0.4) is 0 Å². The van der Waals surface area contributed by atoms with E-state index in [4.69, 9.17) is 0 Å². The fraction of sp³-hybridized carbons (Fsp3) is 0.357. The Hall–Kier alpha value is -1.98. The number of halogens is 3. The molecule has 0 aliphatic heterocycles. The zero-order valence-electron chi connectivity index (χ0n) is 11.3. The number of rotatable bonds is 5. The predicted molar refractivity (Wildman–Crippen MR) is 68.7 cm³/mol. The van der Waals surface area contributed by atoms with Gasteiger partial charge in [0.2, 0.25) is 0 Å². The van der Waals surface area contributed by atoms with Crippen molar-refractivity contribution in [3.8, 4) is 0 Å². The lowest BCUT2D eigenvalue weighted by atomic mass is 10.2. The highest BCUT2D eigenvalue weighted by molar-refractivity contribution is 5.89. The van der Waals surface area contributed by atoms with Crippen LogP contribution in [-0.2, 0) is 16.1 Å². The van der Waals surface area contributed by atoms with Crippen molar-refractivity contribution in [1.29, 1.82) is 0 Å². The molecule has 0 spiro atoms. The Balaban J connectivity index is 2.87. The number of esters is 1. The summed E-state index contributed by atoms with van der Waals surface area (Å²) in [6, 6.07) is 8.99. The summed E-state index contributed by atoms with van der Waals surface area (Å²) >= 11 is 0. The van der Waals surface area contributed by atoms with Gasteiger partial charge in [0.15, 0.2) is 5.57 Å². The van der Waals surface area contributed by atoms with Crippen LogP contribution in [0.1, 0.15) is 12.5 Å². The summed E-state index contributed by atoms with van der Waals surface area (Å²) in [5, 5.41) is 0. The minimum Gasteiger partial charge on any atom is -0.462 e. The molecule has 6 heteroatoms. The van der Waals surface area contributed by atoms with Crippen molar-refractivity contribution < 1.29 is 22.7 Å². The maximum absolute atomic E-state index is 12.8. The van der Waals surface area contributed by atoms with Gasteiger partial charge in [0.05, 0.1) is 6.61 Å². The van der Waals surface area contributed by atoms with Crippen molar-refractivity contribution in [3.63, 3.8) is 0 Å². The number of nitrogens with zero attached hydrogens (tertiary/aromatic N) is 1. The highest BCUT2D eigenvalue weighted by Crippen LogP contribution is 2.27. The molecular weight excluding hydrogens is 271 g/mol. The van der Waals surface area contributed by atoms with Crippen molar-refractivity contribution in [2.24, 2.45) is 0 Å². The fourth-order valence-corrected chi connectivity index (χ4v) is 1.59. The van der Waals surface area contributed by atoms with Crippen LogP contribution in [0.15, 0.2) is 42.1 Å². The number of hydrogen-bond donors (Lipinski definition) is 0. The van der Waals surface area contributed by atoms with Crippen LogP contribution in [-0.4, -0.2) is 30.7 Å². The van der Waals surface area contributed by atoms with Gasteiger partial charge >= 0.3 is 12.1 Å². The van der Waals surface area contributed by atoms with Gasteiger partial charge in [-0.25, -0.2) is 4.79 Å². The smallest absolute Gasteiger partial charge is 0.424 e. The molecule has 0 amide bonds. The molecule has 0 unspecified atom stereocenters. The summed E-state index contributed by atoms with van der Waals surface area (Å²) in [7, 11) is 1.47. The quantitative estimate of drug-likeness (QED) is 0.615. The van der Waals surface area contributed by atoms with E-state index in [-0.39, 0.29) is 13.2 Å². The van der Waals surface area contributed by atoms with Gasteiger partial charge in [-0.1, -0.05) is 30.3 Å². The number of ether oxygens (including phenoxy) is 1. The van der Waals surface area contributed by atoms with Gasteiger partial charge < -0.3 is 9.64 Å². The molecule has 0 N–H and O–H groups in total. The monoisotopic (exact) mass is 287 g/mol. The SMILES string of the molecule is CCOC(=O)/C(=C\N(C)Cc1ccccc1)C(F)(F)F. The molecular formula is C14H16F3NO2. The van der Waals surface area contributed by atoms with E-state index in [2.05, 4.69) is 4.74 Å². The van der Waals surface area contributed by atoms with E-state index in [0.29, 0.717) is 0 Å². The zero-order chi connectivity index (χ0) is 15.2. The Kier molecular flexibility index (Phi) is 5.61. The van der Waals surface area contributed by atoms with Crippen LogP contribution in [0.5, 0.6) is 0 Å². The van der Waals surface area contributed by atoms with Crippen LogP contribution >= 0.6 is 0 Å². The second kappa shape index (κ2) is 6.98. The van der Waals surface area contributed by atoms with Crippen LogP contribution in [0, 0.1) is 0 Å². The minimum absolute atomic E-state index is 0.103. The molecule has 0 heterocycles. The van der Waals surface area contributed by atoms with Gasteiger partial charge in [0.1, 0.15) is 0 Å². The van der Waals surface area contributed by atoms with Gasteiger partial charge in [-0.05, 0) is 12.5 Å². The summed E-state index contributed by atoms with van der Waals surface area (Å²) in [6.07, 6.45) is -3.97. The molecule has 1 rings (SSSR count). The molecule has 0 radical (unpaired) electrons. The van der Waals surface area contributed by atoms with E-state index in [1.165, 1.54) is 18.9 Å². The maximum Gasteiger partial charge on any atom is 0.424 e. The number of hydrogen-bond acceptors (Lipinski definition) is 3. The molecule has 1 aromatic rings. The largest absolute Gasteiger partial charge is 0.462 e. The third-order valence-electron chi connectivity index (χ3n) is 2.43. The topological polar surface area (TPSA) is 29.5 Å². The lowest BCUT2D eigenvalue weighted by Gasteiger charge is -2.18. The molecule has 1 aromatic carbocycles. The Labute approximate surface area is 115 Å². The predicted octanol–water partition coefficient (Wildman–Crippen LogP) is 3.13. The van der Waals surface area contributed by atoms with Crippen molar-refractivity contribution >= 4 is 5.97 Å². The summed E-state index contributed by atoms with van der Waals surface area (Å²) in [6.45, 7) is 1.62. The standard InChI is InChI=1S/C14H16F3NO2/c1-3-20-13(19)12(14(15,16)17)10-18(2)9-11-7-5-4-6-8-11/h4-8,10H,3,9H2,1-2H3/b12-10+. The van der Waals surface area contributed by atoms with E-state index < -0.39 is 17.7 Å². The second-order valence-electron chi connectivity index (χ2n) is 4.16. The molecule has 20 heavy (non-hydrogen) atoms. The Morgan fingerprint density at radius 2 is 1.90 bits per heavy atom. The van der Waals surface area contributed by atoms with Crippen molar-refractivity contribution in [2.75, 3.05) is 13.7 Å². The Morgan fingerprint density at radius 1 is 1.30 bits per heavy atom. The molecule has 0 aliphatic carbocycles. The van der Waals surface area contributed by atoms with E-state index in [1.807, 2.05) is 6.07 Å². The summed E-state index contributed by atoms with van der Waals surface area (Å²) < 4.78 is 42.8. The summed E-state index contributed by atoms with van der Waals surface area (Å²) in [4.78, 5) is 12.6. The van der Waals surface area contributed by atoms with Gasteiger partial charge in [-0.3, -0.25) is 0 Å². The van der Waals surface area contributed by atoms with Crippen LogP contribution in [0.2, 0.25) is 0 Å². The van der Waals surface area contributed by atoms with Crippen molar-refractivity contribution in [1.82, 2.24) is 4.90 Å².